The van der Waals surface area contributed by atoms with Gasteiger partial charge in [-0.15, -0.1) is 10.2 Å². The number of rotatable bonds is 5. The van der Waals surface area contributed by atoms with Crippen molar-refractivity contribution < 1.29 is 13.2 Å². The summed E-state index contributed by atoms with van der Waals surface area (Å²) in [5.74, 6) is 0.721. The van der Waals surface area contributed by atoms with Gasteiger partial charge in [0.2, 0.25) is 5.13 Å². The number of aromatic nitrogens is 2. The van der Waals surface area contributed by atoms with E-state index >= 15 is 0 Å². The van der Waals surface area contributed by atoms with E-state index in [0.717, 1.165) is 27.6 Å². The number of nitrogens with zero attached hydrogens (tertiary/aromatic N) is 2. The van der Waals surface area contributed by atoms with Gasteiger partial charge in [-0.1, -0.05) is 53.3 Å². The number of methoxy groups -OCH3 is 1. The molecule has 3 aromatic carbocycles. The molecule has 0 fully saturated rings. The molecule has 0 radical (unpaired) electrons. The molecule has 142 valence electrons. The van der Waals surface area contributed by atoms with Crippen molar-refractivity contribution in [2.75, 3.05) is 11.8 Å². The van der Waals surface area contributed by atoms with Crippen LogP contribution >= 0.6 is 11.3 Å². The molecule has 28 heavy (non-hydrogen) atoms. The van der Waals surface area contributed by atoms with E-state index < -0.39 is 10.0 Å². The highest BCUT2D eigenvalue weighted by molar-refractivity contribution is 7.93. The van der Waals surface area contributed by atoms with Crippen molar-refractivity contribution in [2.45, 2.75) is 11.8 Å². The Bertz CT molecular complexity index is 1250. The Hall–Kier alpha value is -2.97. The van der Waals surface area contributed by atoms with Crippen molar-refractivity contribution in [1.29, 1.82) is 0 Å². The molecular weight excluding hydrogens is 394 g/mol. The van der Waals surface area contributed by atoms with E-state index in [-0.39, 0.29) is 10.0 Å². The fraction of sp³-hybridized carbons (Fsp3) is 0.100. The summed E-state index contributed by atoms with van der Waals surface area (Å²) >= 11 is 1.19. The van der Waals surface area contributed by atoms with Crippen LogP contribution in [0.3, 0.4) is 0 Å². The van der Waals surface area contributed by atoms with Gasteiger partial charge in [-0.3, -0.25) is 4.72 Å². The second-order valence-corrected chi connectivity index (χ2v) is 8.92. The van der Waals surface area contributed by atoms with Crippen molar-refractivity contribution in [3.05, 3.63) is 66.2 Å². The first-order chi connectivity index (χ1) is 13.4. The van der Waals surface area contributed by atoms with Crippen LogP contribution < -0.4 is 9.46 Å². The molecule has 0 bridgehead atoms. The molecule has 0 aliphatic heterocycles. The summed E-state index contributed by atoms with van der Waals surface area (Å²) in [7, 11) is -2.18. The standard InChI is InChI=1S/C20H17N3O3S2/c1-13-3-5-14(6-4-13)19-21-22-20(27-19)23-28(24,25)18-10-8-15-11-17(26-2)9-7-16(15)12-18/h3-12H,1-2H3,(H,22,23). The van der Waals surface area contributed by atoms with E-state index in [1.54, 1.807) is 31.4 Å². The third kappa shape index (κ3) is 3.69. The van der Waals surface area contributed by atoms with Crippen LogP contribution in [0.25, 0.3) is 21.3 Å². The molecular formula is C20H17N3O3S2. The Kier molecular flexibility index (Phi) is 4.74. The minimum absolute atomic E-state index is 0.164. The summed E-state index contributed by atoms with van der Waals surface area (Å²) in [6.45, 7) is 2.00. The van der Waals surface area contributed by atoms with Crippen LogP contribution in [0.5, 0.6) is 5.75 Å². The predicted octanol–water partition coefficient (Wildman–Crippen LogP) is 4.48. The van der Waals surface area contributed by atoms with Gasteiger partial charge < -0.3 is 4.74 Å². The Morgan fingerprint density at radius 3 is 2.39 bits per heavy atom. The minimum Gasteiger partial charge on any atom is -0.497 e. The van der Waals surface area contributed by atoms with Crippen molar-refractivity contribution in [3.8, 4) is 16.3 Å². The van der Waals surface area contributed by atoms with E-state index in [2.05, 4.69) is 14.9 Å². The van der Waals surface area contributed by atoms with E-state index in [4.69, 9.17) is 4.74 Å². The lowest BCUT2D eigenvalue weighted by Crippen LogP contribution is -2.12. The molecule has 0 aliphatic carbocycles. The summed E-state index contributed by atoms with van der Waals surface area (Å²) in [6.07, 6.45) is 0. The Morgan fingerprint density at radius 1 is 0.929 bits per heavy atom. The van der Waals surface area contributed by atoms with Gasteiger partial charge in [0.1, 0.15) is 10.8 Å². The zero-order valence-electron chi connectivity index (χ0n) is 15.2. The van der Waals surface area contributed by atoms with Gasteiger partial charge in [0.05, 0.1) is 12.0 Å². The highest BCUT2D eigenvalue weighted by atomic mass is 32.2. The van der Waals surface area contributed by atoms with Gasteiger partial charge in [-0.2, -0.15) is 0 Å². The molecule has 0 saturated heterocycles. The first-order valence-corrected chi connectivity index (χ1v) is 10.8. The maximum absolute atomic E-state index is 12.8. The van der Waals surface area contributed by atoms with Crippen LogP contribution in [0.1, 0.15) is 5.56 Å². The zero-order valence-corrected chi connectivity index (χ0v) is 16.8. The van der Waals surface area contributed by atoms with E-state index in [9.17, 15) is 8.42 Å². The second kappa shape index (κ2) is 7.21. The van der Waals surface area contributed by atoms with Gasteiger partial charge in [-0.25, -0.2) is 8.42 Å². The normalized spacial score (nSPS) is 11.5. The predicted molar refractivity (Wildman–Crippen MR) is 111 cm³/mol. The van der Waals surface area contributed by atoms with Gasteiger partial charge in [0, 0.05) is 5.56 Å². The molecule has 0 amide bonds. The monoisotopic (exact) mass is 411 g/mol. The van der Waals surface area contributed by atoms with Gasteiger partial charge >= 0.3 is 0 Å². The van der Waals surface area contributed by atoms with Crippen LogP contribution in [0.2, 0.25) is 0 Å². The summed E-state index contributed by atoms with van der Waals surface area (Å²) in [4.78, 5) is 0.164. The topological polar surface area (TPSA) is 81.2 Å². The second-order valence-electron chi connectivity index (χ2n) is 6.26. The number of aryl methyl sites for hydroxylation is 1. The highest BCUT2D eigenvalue weighted by Gasteiger charge is 2.18. The Balaban J connectivity index is 1.60. The average Bonchev–Trinajstić information content (AvgIpc) is 3.15. The van der Waals surface area contributed by atoms with Gasteiger partial charge in [-0.05, 0) is 42.0 Å². The van der Waals surface area contributed by atoms with Crippen LogP contribution in [-0.4, -0.2) is 25.7 Å². The summed E-state index contributed by atoms with van der Waals surface area (Å²) < 4.78 is 33.2. The third-order valence-electron chi connectivity index (χ3n) is 4.27. The van der Waals surface area contributed by atoms with Crippen molar-refractivity contribution >= 4 is 37.3 Å². The summed E-state index contributed by atoms with van der Waals surface area (Å²) in [6, 6.07) is 18.2. The van der Waals surface area contributed by atoms with Crippen molar-refractivity contribution in [3.63, 3.8) is 0 Å². The quantitative estimate of drug-likeness (QED) is 0.524. The largest absolute Gasteiger partial charge is 0.497 e. The Labute approximate surface area is 166 Å². The van der Waals surface area contributed by atoms with E-state index in [0.29, 0.717) is 5.01 Å². The highest BCUT2D eigenvalue weighted by Crippen LogP contribution is 2.29. The molecule has 4 aromatic rings. The van der Waals surface area contributed by atoms with Crippen molar-refractivity contribution in [1.82, 2.24) is 10.2 Å². The fourth-order valence-electron chi connectivity index (χ4n) is 2.75. The molecule has 1 N–H and O–H groups in total. The molecule has 0 saturated carbocycles. The van der Waals surface area contributed by atoms with Gasteiger partial charge in [0.25, 0.3) is 10.0 Å². The lowest BCUT2D eigenvalue weighted by molar-refractivity contribution is 0.415. The van der Waals surface area contributed by atoms with Crippen LogP contribution in [-0.2, 0) is 10.0 Å². The average molecular weight is 412 g/mol. The number of fused-ring (bicyclic) bond motifs is 1. The number of benzene rings is 3. The summed E-state index contributed by atoms with van der Waals surface area (Å²) in [5.41, 5.74) is 2.04. The van der Waals surface area contributed by atoms with Crippen molar-refractivity contribution in [2.24, 2.45) is 0 Å². The zero-order chi connectivity index (χ0) is 19.7. The maximum Gasteiger partial charge on any atom is 0.263 e. The number of hydrogen-bond acceptors (Lipinski definition) is 6. The molecule has 6 nitrogen and oxygen atoms in total. The van der Waals surface area contributed by atoms with Crippen LogP contribution in [0.15, 0.2) is 65.6 Å². The molecule has 0 aliphatic rings. The maximum atomic E-state index is 12.8. The lowest BCUT2D eigenvalue weighted by Gasteiger charge is -2.07. The SMILES string of the molecule is COc1ccc2cc(S(=O)(=O)Nc3nnc(-c4ccc(C)cc4)s3)ccc2c1. The molecule has 1 aromatic heterocycles. The molecule has 0 unspecified atom stereocenters. The van der Waals surface area contributed by atoms with Crippen LogP contribution in [0, 0.1) is 6.92 Å². The number of anilines is 1. The number of hydrogen-bond donors (Lipinski definition) is 1. The molecule has 0 atom stereocenters. The van der Waals surface area contributed by atoms with Gasteiger partial charge in [0.15, 0.2) is 0 Å². The summed E-state index contributed by atoms with van der Waals surface area (Å²) in [5, 5.41) is 10.7. The minimum atomic E-state index is -3.77. The molecule has 4 rings (SSSR count). The van der Waals surface area contributed by atoms with E-state index in [1.165, 1.54) is 11.3 Å². The Morgan fingerprint density at radius 2 is 1.64 bits per heavy atom. The number of nitrogens with one attached hydrogen (secondary N) is 1. The fourth-order valence-corrected chi connectivity index (χ4v) is 4.76. The lowest BCUT2D eigenvalue weighted by atomic mass is 10.1. The first kappa shape index (κ1) is 18.4. The molecule has 0 spiro atoms. The third-order valence-corrected chi connectivity index (χ3v) is 6.63. The first-order valence-electron chi connectivity index (χ1n) is 8.46. The molecule has 1 heterocycles. The number of sulfonamides is 1. The molecule has 8 heteroatoms. The van der Waals surface area contributed by atoms with E-state index in [1.807, 2.05) is 43.3 Å². The number of ether oxygens (including phenoxy) is 1. The van der Waals surface area contributed by atoms with Crippen LogP contribution in [0.4, 0.5) is 5.13 Å². The smallest absolute Gasteiger partial charge is 0.263 e.